The predicted molar refractivity (Wildman–Crippen MR) is 80.8 cm³/mol. The van der Waals surface area contributed by atoms with Gasteiger partial charge in [-0.1, -0.05) is 32.9 Å². The van der Waals surface area contributed by atoms with Gasteiger partial charge in [-0.05, 0) is 30.2 Å². The third-order valence-electron chi connectivity index (χ3n) is 3.23. The van der Waals surface area contributed by atoms with E-state index in [4.69, 9.17) is 9.15 Å². The van der Waals surface area contributed by atoms with Gasteiger partial charge in [-0.3, -0.25) is 0 Å². The van der Waals surface area contributed by atoms with E-state index in [1.165, 1.54) is 5.56 Å². The minimum atomic E-state index is 0.440. The normalized spacial score (nSPS) is 11.0. The van der Waals surface area contributed by atoms with Crippen molar-refractivity contribution in [2.45, 2.75) is 46.4 Å². The molecule has 1 aromatic carbocycles. The van der Waals surface area contributed by atoms with E-state index in [1.54, 1.807) is 6.26 Å². The number of benzene rings is 1. The molecule has 108 valence electrons. The fraction of sp³-hybridized carbons (Fsp3) is 0.412. The smallest absolute Gasteiger partial charge is 0.124 e. The Bertz CT molecular complexity index is 514. The molecule has 0 atom stereocenters. The lowest BCUT2D eigenvalue weighted by atomic mass is 10.2. The lowest BCUT2D eigenvalue weighted by molar-refractivity contribution is 0.301. The SMILES string of the molecule is CCc1ccc(OCc2ccoc2CNC(C)C)cc1. The number of nitrogens with one attached hydrogen (secondary N) is 1. The van der Waals surface area contributed by atoms with Crippen LogP contribution in [0.2, 0.25) is 0 Å². The van der Waals surface area contributed by atoms with E-state index in [2.05, 4.69) is 38.2 Å². The summed E-state index contributed by atoms with van der Waals surface area (Å²) < 4.78 is 11.3. The van der Waals surface area contributed by atoms with E-state index < -0.39 is 0 Å². The van der Waals surface area contributed by atoms with Crippen molar-refractivity contribution in [3.8, 4) is 5.75 Å². The van der Waals surface area contributed by atoms with Crippen LogP contribution >= 0.6 is 0 Å². The summed E-state index contributed by atoms with van der Waals surface area (Å²) in [6, 6.07) is 10.7. The summed E-state index contributed by atoms with van der Waals surface area (Å²) in [6.07, 6.45) is 2.77. The topological polar surface area (TPSA) is 34.4 Å². The molecular formula is C17H23NO2. The van der Waals surface area contributed by atoms with Gasteiger partial charge in [0.25, 0.3) is 0 Å². The Morgan fingerprint density at radius 3 is 2.55 bits per heavy atom. The van der Waals surface area contributed by atoms with Gasteiger partial charge in [-0.2, -0.15) is 0 Å². The van der Waals surface area contributed by atoms with Crippen LogP contribution in [0.5, 0.6) is 5.75 Å². The van der Waals surface area contributed by atoms with Crippen LogP contribution in [-0.4, -0.2) is 6.04 Å². The summed E-state index contributed by atoms with van der Waals surface area (Å²) in [4.78, 5) is 0. The van der Waals surface area contributed by atoms with Gasteiger partial charge >= 0.3 is 0 Å². The highest BCUT2D eigenvalue weighted by Gasteiger charge is 2.07. The van der Waals surface area contributed by atoms with Crippen LogP contribution in [0.15, 0.2) is 41.0 Å². The monoisotopic (exact) mass is 273 g/mol. The molecule has 0 amide bonds. The zero-order valence-electron chi connectivity index (χ0n) is 12.5. The molecule has 2 aromatic rings. The summed E-state index contributed by atoms with van der Waals surface area (Å²) in [6.45, 7) is 7.66. The molecule has 0 saturated heterocycles. The Kier molecular flexibility index (Phi) is 5.24. The molecule has 0 unspecified atom stereocenters. The quantitative estimate of drug-likeness (QED) is 0.830. The number of aryl methyl sites for hydroxylation is 1. The van der Waals surface area contributed by atoms with E-state index in [-0.39, 0.29) is 0 Å². The molecule has 0 bridgehead atoms. The van der Waals surface area contributed by atoms with Crippen molar-refractivity contribution in [2.24, 2.45) is 0 Å². The van der Waals surface area contributed by atoms with E-state index in [9.17, 15) is 0 Å². The number of hydrogen-bond acceptors (Lipinski definition) is 3. The van der Waals surface area contributed by atoms with E-state index >= 15 is 0 Å². The van der Waals surface area contributed by atoms with Gasteiger partial charge in [0.2, 0.25) is 0 Å². The van der Waals surface area contributed by atoms with Crippen molar-refractivity contribution < 1.29 is 9.15 Å². The minimum absolute atomic E-state index is 0.440. The van der Waals surface area contributed by atoms with E-state index in [1.807, 2.05) is 18.2 Å². The van der Waals surface area contributed by atoms with Crippen molar-refractivity contribution in [3.63, 3.8) is 0 Å². The lowest BCUT2D eigenvalue weighted by Gasteiger charge is -2.09. The van der Waals surface area contributed by atoms with Gasteiger partial charge in [0.05, 0.1) is 12.8 Å². The molecular weight excluding hydrogens is 250 g/mol. The Balaban J connectivity index is 1.91. The fourth-order valence-corrected chi connectivity index (χ4v) is 1.93. The lowest BCUT2D eigenvalue weighted by Crippen LogP contribution is -2.22. The molecule has 1 heterocycles. The second-order valence-electron chi connectivity index (χ2n) is 5.19. The van der Waals surface area contributed by atoms with Gasteiger partial charge in [0, 0.05) is 11.6 Å². The molecule has 1 aromatic heterocycles. The molecule has 3 nitrogen and oxygen atoms in total. The van der Waals surface area contributed by atoms with Gasteiger partial charge < -0.3 is 14.5 Å². The molecule has 0 aliphatic rings. The molecule has 3 heteroatoms. The molecule has 20 heavy (non-hydrogen) atoms. The van der Waals surface area contributed by atoms with Crippen molar-refractivity contribution >= 4 is 0 Å². The molecule has 2 rings (SSSR count). The highest BCUT2D eigenvalue weighted by molar-refractivity contribution is 5.28. The summed E-state index contributed by atoms with van der Waals surface area (Å²) in [5.41, 5.74) is 2.42. The Morgan fingerprint density at radius 2 is 1.90 bits per heavy atom. The standard InChI is InChI=1S/C17H23NO2/c1-4-14-5-7-16(8-6-14)20-12-15-9-10-19-17(15)11-18-13(2)3/h5-10,13,18H,4,11-12H2,1-3H3. The third-order valence-corrected chi connectivity index (χ3v) is 3.23. The molecule has 0 radical (unpaired) electrons. The predicted octanol–water partition coefficient (Wildman–Crippen LogP) is 3.92. The highest BCUT2D eigenvalue weighted by atomic mass is 16.5. The first-order valence-corrected chi connectivity index (χ1v) is 7.19. The van der Waals surface area contributed by atoms with Crippen molar-refractivity contribution in [3.05, 3.63) is 53.5 Å². The van der Waals surface area contributed by atoms with Crippen LogP contribution in [0.25, 0.3) is 0 Å². The average Bonchev–Trinajstić information content (AvgIpc) is 2.91. The second-order valence-corrected chi connectivity index (χ2v) is 5.19. The minimum Gasteiger partial charge on any atom is -0.489 e. The van der Waals surface area contributed by atoms with Crippen molar-refractivity contribution in [1.29, 1.82) is 0 Å². The number of hydrogen-bond donors (Lipinski definition) is 1. The maximum atomic E-state index is 5.81. The van der Waals surface area contributed by atoms with E-state index in [0.29, 0.717) is 12.6 Å². The van der Waals surface area contributed by atoms with Crippen LogP contribution in [-0.2, 0) is 19.6 Å². The molecule has 0 spiro atoms. The zero-order chi connectivity index (χ0) is 14.4. The van der Waals surface area contributed by atoms with Gasteiger partial charge in [0.1, 0.15) is 18.1 Å². The van der Waals surface area contributed by atoms with Crippen LogP contribution in [0.1, 0.15) is 37.7 Å². The van der Waals surface area contributed by atoms with Crippen LogP contribution < -0.4 is 10.1 Å². The largest absolute Gasteiger partial charge is 0.489 e. The first-order chi connectivity index (χ1) is 9.69. The van der Waals surface area contributed by atoms with Crippen molar-refractivity contribution in [1.82, 2.24) is 5.32 Å². The average molecular weight is 273 g/mol. The first kappa shape index (κ1) is 14.7. The van der Waals surface area contributed by atoms with Gasteiger partial charge in [-0.25, -0.2) is 0 Å². The van der Waals surface area contributed by atoms with E-state index in [0.717, 1.165) is 30.0 Å². The highest BCUT2D eigenvalue weighted by Crippen LogP contribution is 2.17. The Labute approximate surface area is 121 Å². The third kappa shape index (κ3) is 4.14. The molecule has 0 fully saturated rings. The van der Waals surface area contributed by atoms with Crippen LogP contribution in [0.4, 0.5) is 0 Å². The number of furan rings is 1. The molecule has 0 aliphatic heterocycles. The van der Waals surface area contributed by atoms with Crippen LogP contribution in [0, 0.1) is 0 Å². The number of ether oxygens (including phenoxy) is 1. The molecule has 0 saturated carbocycles. The maximum Gasteiger partial charge on any atom is 0.124 e. The molecule has 0 aliphatic carbocycles. The van der Waals surface area contributed by atoms with Crippen LogP contribution in [0.3, 0.4) is 0 Å². The Hall–Kier alpha value is -1.74. The van der Waals surface area contributed by atoms with Crippen molar-refractivity contribution in [2.75, 3.05) is 0 Å². The summed E-state index contributed by atoms with van der Waals surface area (Å²) in [5, 5.41) is 3.35. The summed E-state index contributed by atoms with van der Waals surface area (Å²) in [5.74, 6) is 1.84. The first-order valence-electron chi connectivity index (χ1n) is 7.19. The second kappa shape index (κ2) is 7.15. The maximum absolute atomic E-state index is 5.81. The van der Waals surface area contributed by atoms with Gasteiger partial charge in [-0.15, -0.1) is 0 Å². The molecule has 1 N–H and O–H groups in total. The number of rotatable bonds is 7. The summed E-state index contributed by atoms with van der Waals surface area (Å²) >= 11 is 0. The van der Waals surface area contributed by atoms with Gasteiger partial charge in [0.15, 0.2) is 0 Å². The zero-order valence-corrected chi connectivity index (χ0v) is 12.5. The summed E-state index contributed by atoms with van der Waals surface area (Å²) in [7, 11) is 0. The Morgan fingerprint density at radius 1 is 1.15 bits per heavy atom. The fourth-order valence-electron chi connectivity index (χ4n) is 1.93.